The zero-order chi connectivity index (χ0) is 17.0. The zero-order valence-electron chi connectivity index (χ0n) is 13.9. The molecule has 23 heavy (non-hydrogen) atoms. The molecule has 2 amide bonds. The molecule has 0 aromatic heterocycles. The number of rotatable bonds is 5. The van der Waals surface area contributed by atoms with Crippen LogP contribution in [0, 0.1) is 0 Å². The van der Waals surface area contributed by atoms with Gasteiger partial charge in [-0.15, -0.1) is 0 Å². The highest BCUT2D eigenvalue weighted by Crippen LogP contribution is 2.33. The number of anilines is 1. The van der Waals surface area contributed by atoms with E-state index >= 15 is 0 Å². The van der Waals surface area contributed by atoms with Gasteiger partial charge in [0, 0.05) is 26.3 Å². The highest BCUT2D eigenvalue weighted by atomic mass is 16.5. The molecule has 1 atom stereocenters. The molecule has 1 aromatic carbocycles. The van der Waals surface area contributed by atoms with Crippen LogP contribution < -0.4 is 14.4 Å². The van der Waals surface area contributed by atoms with E-state index in [2.05, 4.69) is 0 Å². The molecule has 1 aliphatic heterocycles. The molecule has 1 heterocycles. The number of hydrogen-bond donors (Lipinski definition) is 0. The third kappa shape index (κ3) is 3.39. The highest BCUT2D eigenvalue weighted by Gasteiger charge is 2.35. The lowest BCUT2D eigenvalue weighted by Gasteiger charge is -2.39. The molecule has 0 N–H and O–H groups in total. The predicted octanol–water partition coefficient (Wildman–Crippen LogP) is 0.914. The van der Waals surface area contributed by atoms with Crippen LogP contribution in [0.25, 0.3) is 0 Å². The lowest BCUT2D eigenvalue weighted by atomic mass is 10.1. The fourth-order valence-electron chi connectivity index (χ4n) is 2.66. The van der Waals surface area contributed by atoms with E-state index in [-0.39, 0.29) is 18.4 Å². The Morgan fingerprint density at radius 1 is 1.22 bits per heavy atom. The normalized spacial score (nSPS) is 18.1. The molecular weight excluding hydrogens is 300 g/mol. The van der Waals surface area contributed by atoms with Crippen LogP contribution in [0.4, 0.5) is 5.69 Å². The van der Waals surface area contributed by atoms with Gasteiger partial charge in [-0.05, 0) is 19.1 Å². The molecule has 126 valence electrons. The van der Waals surface area contributed by atoms with Crippen molar-refractivity contribution >= 4 is 17.5 Å². The first-order valence-electron chi connectivity index (χ1n) is 7.35. The number of amides is 2. The van der Waals surface area contributed by atoms with Crippen LogP contribution in [-0.2, 0) is 14.3 Å². The fourth-order valence-corrected chi connectivity index (χ4v) is 2.66. The van der Waals surface area contributed by atoms with Crippen LogP contribution in [0.15, 0.2) is 18.2 Å². The lowest BCUT2D eigenvalue weighted by molar-refractivity contribution is -0.143. The van der Waals surface area contributed by atoms with Gasteiger partial charge in [0.25, 0.3) is 0 Å². The van der Waals surface area contributed by atoms with E-state index in [1.54, 1.807) is 49.1 Å². The van der Waals surface area contributed by atoms with Crippen LogP contribution in [0.1, 0.15) is 6.92 Å². The number of methoxy groups -OCH3 is 3. The van der Waals surface area contributed by atoms with Crippen molar-refractivity contribution < 1.29 is 23.8 Å². The summed E-state index contributed by atoms with van der Waals surface area (Å²) in [6.45, 7) is 2.55. The van der Waals surface area contributed by atoms with E-state index in [0.29, 0.717) is 30.3 Å². The summed E-state index contributed by atoms with van der Waals surface area (Å²) in [5, 5.41) is 0. The molecule has 0 saturated carbocycles. The molecular formula is C16H22N2O5. The summed E-state index contributed by atoms with van der Waals surface area (Å²) in [6, 6.07) is 4.75. The number of carbonyl (C=O) groups is 2. The van der Waals surface area contributed by atoms with Crippen LogP contribution in [0.3, 0.4) is 0 Å². The van der Waals surface area contributed by atoms with Gasteiger partial charge in [-0.1, -0.05) is 0 Å². The minimum atomic E-state index is -0.543. The maximum atomic E-state index is 12.7. The first kappa shape index (κ1) is 17.1. The monoisotopic (exact) mass is 322 g/mol. The summed E-state index contributed by atoms with van der Waals surface area (Å²) >= 11 is 0. The van der Waals surface area contributed by atoms with Gasteiger partial charge in [-0.3, -0.25) is 9.59 Å². The molecule has 1 aromatic rings. The molecule has 1 saturated heterocycles. The van der Waals surface area contributed by atoms with Gasteiger partial charge < -0.3 is 24.0 Å². The molecule has 1 fully saturated rings. The standard InChI is InChI=1S/C16H22N2O5/c1-11-16(20)18(8-7-17(11)15(19)10-21-2)13-6-5-12(22-3)9-14(13)23-4/h5-6,9,11H,7-8,10H2,1-4H3. The third-order valence-corrected chi connectivity index (χ3v) is 3.92. The van der Waals surface area contributed by atoms with Crippen molar-refractivity contribution in [3.05, 3.63) is 18.2 Å². The summed E-state index contributed by atoms with van der Waals surface area (Å²) < 4.78 is 15.4. The molecule has 0 spiro atoms. The minimum absolute atomic E-state index is 0.0243. The lowest BCUT2D eigenvalue weighted by Crippen LogP contribution is -2.58. The molecule has 2 rings (SSSR count). The van der Waals surface area contributed by atoms with Gasteiger partial charge in [0.15, 0.2) is 0 Å². The van der Waals surface area contributed by atoms with E-state index in [1.165, 1.54) is 7.11 Å². The van der Waals surface area contributed by atoms with Crippen molar-refractivity contribution in [2.24, 2.45) is 0 Å². The first-order chi connectivity index (χ1) is 11.0. The summed E-state index contributed by atoms with van der Waals surface area (Å²) in [5.41, 5.74) is 0.670. The topological polar surface area (TPSA) is 68.3 Å². The van der Waals surface area contributed by atoms with E-state index in [1.807, 2.05) is 0 Å². The second-order valence-electron chi connectivity index (χ2n) is 5.22. The Kier molecular flexibility index (Phi) is 5.44. The van der Waals surface area contributed by atoms with Crippen molar-refractivity contribution in [2.45, 2.75) is 13.0 Å². The number of nitrogens with zero attached hydrogens (tertiary/aromatic N) is 2. The van der Waals surface area contributed by atoms with Crippen molar-refractivity contribution in [3.8, 4) is 11.5 Å². The zero-order valence-corrected chi connectivity index (χ0v) is 13.9. The molecule has 1 aliphatic rings. The molecule has 1 unspecified atom stereocenters. The molecule has 0 bridgehead atoms. The maximum absolute atomic E-state index is 12.7. The molecule has 7 heteroatoms. The number of piperazine rings is 1. The van der Waals surface area contributed by atoms with Gasteiger partial charge in [-0.2, -0.15) is 0 Å². The van der Waals surface area contributed by atoms with Crippen molar-refractivity contribution in [1.82, 2.24) is 4.90 Å². The number of hydrogen-bond acceptors (Lipinski definition) is 5. The Hall–Kier alpha value is -2.28. The summed E-state index contributed by atoms with van der Waals surface area (Å²) in [6.07, 6.45) is 0. The third-order valence-electron chi connectivity index (χ3n) is 3.92. The predicted molar refractivity (Wildman–Crippen MR) is 85.0 cm³/mol. The summed E-state index contributed by atoms with van der Waals surface area (Å²) in [5.74, 6) is 0.875. The largest absolute Gasteiger partial charge is 0.497 e. The molecule has 0 radical (unpaired) electrons. The van der Waals surface area contributed by atoms with Gasteiger partial charge >= 0.3 is 0 Å². The molecule has 7 nitrogen and oxygen atoms in total. The maximum Gasteiger partial charge on any atom is 0.249 e. The van der Waals surface area contributed by atoms with Crippen LogP contribution >= 0.6 is 0 Å². The van der Waals surface area contributed by atoms with Gasteiger partial charge in [0.05, 0.1) is 19.9 Å². The number of ether oxygens (including phenoxy) is 3. The van der Waals surface area contributed by atoms with Gasteiger partial charge in [-0.25, -0.2) is 0 Å². The van der Waals surface area contributed by atoms with Gasteiger partial charge in [0.1, 0.15) is 24.1 Å². The SMILES string of the molecule is COCC(=O)N1CCN(c2ccc(OC)cc2OC)C(=O)C1C. The summed E-state index contributed by atoms with van der Waals surface area (Å²) in [4.78, 5) is 27.8. The average molecular weight is 322 g/mol. The molecule has 0 aliphatic carbocycles. The highest BCUT2D eigenvalue weighted by molar-refractivity contribution is 6.01. The smallest absolute Gasteiger partial charge is 0.249 e. The minimum Gasteiger partial charge on any atom is -0.497 e. The van der Waals surface area contributed by atoms with Crippen LogP contribution in [-0.4, -0.2) is 63.8 Å². The second-order valence-corrected chi connectivity index (χ2v) is 5.22. The first-order valence-corrected chi connectivity index (χ1v) is 7.35. The van der Waals surface area contributed by atoms with Crippen molar-refractivity contribution in [2.75, 3.05) is 45.9 Å². The number of benzene rings is 1. The quantitative estimate of drug-likeness (QED) is 0.806. The fraction of sp³-hybridized carbons (Fsp3) is 0.500. The Morgan fingerprint density at radius 2 is 1.96 bits per heavy atom. The van der Waals surface area contributed by atoms with Crippen LogP contribution in [0.2, 0.25) is 0 Å². The Bertz CT molecular complexity index is 590. The van der Waals surface area contributed by atoms with Crippen LogP contribution in [0.5, 0.6) is 11.5 Å². The van der Waals surface area contributed by atoms with Crippen molar-refractivity contribution in [3.63, 3.8) is 0 Å². The van der Waals surface area contributed by atoms with E-state index in [9.17, 15) is 9.59 Å². The summed E-state index contributed by atoms with van der Waals surface area (Å²) in [7, 11) is 4.58. The average Bonchev–Trinajstić information content (AvgIpc) is 2.57. The Balaban J connectivity index is 2.23. The Labute approximate surface area is 135 Å². The van der Waals surface area contributed by atoms with E-state index < -0.39 is 6.04 Å². The second kappa shape index (κ2) is 7.32. The van der Waals surface area contributed by atoms with Gasteiger partial charge in [0.2, 0.25) is 11.8 Å². The van der Waals surface area contributed by atoms with Crippen molar-refractivity contribution in [1.29, 1.82) is 0 Å². The van der Waals surface area contributed by atoms with E-state index in [0.717, 1.165) is 0 Å². The Morgan fingerprint density at radius 3 is 2.57 bits per heavy atom. The van der Waals surface area contributed by atoms with E-state index in [4.69, 9.17) is 14.2 Å². The number of carbonyl (C=O) groups excluding carboxylic acids is 2.